The summed E-state index contributed by atoms with van der Waals surface area (Å²) in [4.78, 5) is 37.2. The average Bonchev–Trinajstić information content (AvgIpc) is 2.85. The molecule has 0 radical (unpaired) electrons. The van der Waals surface area contributed by atoms with Crippen molar-refractivity contribution in [2.75, 3.05) is 17.2 Å². The normalized spacial score (nSPS) is 10.5. The van der Waals surface area contributed by atoms with Gasteiger partial charge in [0.2, 0.25) is 5.91 Å². The van der Waals surface area contributed by atoms with Gasteiger partial charge in [-0.15, -0.1) is 0 Å². The molecule has 0 aliphatic heterocycles. The molecule has 3 aromatic rings. The Hall–Kier alpha value is -3.93. The summed E-state index contributed by atoms with van der Waals surface area (Å²) in [6, 6.07) is 22.6. The van der Waals surface area contributed by atoms with E-state index in [0.717, 1.165) is 24.0 Å². The van der Waals surface area contributed by atoms with Gasteiger partial charge in [-0.3, -0.25) is 14.4 Å². The maximum Gasteiger partial charge on any atom is 0.305 e. The van der Waals surface area contributed by atoms with E-state index in [1.165, 1.54) is 5.56 Å². The summed E-state index contributed by atoms with van der Waals surface area (Å²) in [5, 5.41) is 5.67. The number of esters is 1. The first-order valence-corrected chi connectivity index (χ1v) is 11.9. The van der Waals surface area contributed by atoms with Crippen LogP contribution in [0, 0.1) is 13.8 Å². The fraction of sp³-hybridized carbons (Fsp3) is 0.276. The highest BCUT2D eigenvalue weighted by atomic mass is 16.5. The van der Waals surface area contributed by atoms with E-state index in [9.17, 15) is 14.4 Å². The zero-order chi connectivity index (χ0) is 25.0. The van der Waals surface area contributed by atoms with E-state index in [2.05, 4.69) is 10.6 Å². The van der Waals surface area contributed by atoms with Gasteiger partial charge in [-0.2, -0.15) is 0 Å². The Morgan fingerprint density at radius 3 is 2.29 bits per heavy atom. The van der Waals surface area contributed by atoms with E-state index in [0.29, 0.717) is 30.0 Å². The van der Waals surface area contributed by atoms with E-state index in [1.807, 2.05) is 62.4 Å². The predicted molar refractivity (Wildman–Crippen MR) is 139 cm³/mol. The summed E-state index contributed by atoms with van der Waals surface area (Å²) in [6.07, 6.45) is 2.32. The number of aryl methyl sites for hydroxylation is 3. The lowest BCUT2D eigenvalue weighted by atomic mass is 10.1. The summed E-state index contributed by atoms with van der Waals surface area (Å²) in [6.45, 7) is 4.36. The molecular weight excluding hydrogens is 440 g/mol. The Balaban J connectivity index is 1.41. The molecule has 0 saturated heterocycles. The second kappa shape index (κ2) is 13.1. The van der Waals surface area contributed by atoms with Crippen molar-refractivity contribution in [3.63, 3.8) is 0 Å². The van der Waals surface area contributed by atoms with Crippen LogP contribution in [0.2, 0.25) is 0 Å². The van der Waals surface area contributed by atoms with Crippen LogP contribution in [-0.4, -0.2) is 24.4 Å². The number of hydrogen-bond donors (Lipinski definition) is 2. The fourth-order valence-electron chi connectivity index (χ4n) is 3.59. The summed E-state index contributed by atoms with van der Waals surface area (Å²) in [5.74, 6) is -0.865. The van der Waals surface area contributed by atoms with Crippen LogP contribution >= 0.6 is 0 Å². The second-order valence-electron chi connectivity index (χ2n) is 8.51. The summed E-state index contributed by atoms with van der Waals surface area (Å²) in [5.41, 5.74) is 4.94. The summed E-state index contributed by atoms with van der Waals surface area (Å²) in [7, 11) is 0. The van der Waals surface area contributed by atoms with Crippen molar-refractivity contribution in [1.29, 1.82) is 0 Å². The van der Waals surface area contributed by atoms with Crippen LogP contribution < -0.4 is 10.6 Å². The van der Waals surface area contributed by atoms with E-state index in [-0.39, 0.29) is 30.6 Å². The van der Waals surface area contributed by atoms with Crippen molar-refractivity contribution in [2.45, 2.75) is 46.0 Å². The standard InChI is InChI=1S/C29H32N2O4/c1-21-17-18-24(20-22(21)2)30-29(34)25-13-6-7-14-26(25)31-27(32)15-8-16-28(33)35-19-9-12-23-10-4-3-5-11-23/h3-7,10-11,13-14,17-18,20H,8-9,12,15-16,19H2,1-2H3,(H,30,34)(H,31,32). The molecule has 6 nitrogen and oxygen atoms in total. The predicted octanol–water partition coefficient (Wildman–Crippen LogP) is 5.84. The molecule has 0 aromatic heterocycles. The van der Waals surface area contributed by atoms with Crippen molar-refractivity contribution < 1.29 is 19.1 Å². The van der Waals surface area contributed by atoms with Crippen LogP contribution in [0.1, 0.15) is 52.7 Å². The lowest BCUT2D eigenvalue weighted by Crippen LogP contribution is -2.18. The minimum atomic E-state index is -0.306. The lowest BCUT2D eigenvalue weighted by Gasteiger charge is -2.12. The Kier molecular flexibility index (Phi) is 9.60. The van der Waals surface area contributed by atoms with Gasteiger partial charge in [0.05, 0.1) is 17.9 Å². The highest BCUT2D eigenvalue weighted by molar-refractivity contribution is 6.10. The van der Waals surface area contributed by atoms with Gasteiger partial charge in [0.15, 0.2) is 0 Å². The number of carbonyl (C=O) groups excluding carboxylic acids is 3. The molecule has 0 fully saturated rings. The number of anilines is 2. The first kappa shape index (κ1) is 25.7. The topological polar surface area (TPSA) is 84.5 Å². The van der Waals surface area contributed by atoms with Crippen molar-refractivity contribution in [3.05, 3.63) is 95.1 Å². The Labute approximate surface area is 206 Å². The number of rotatable bonds is 11. The zero-order valence-electron chi connectivity index (χ0n) is 20.3. The lowest BCUT2D eigenvalue weighted by molar-refractivity contribution is -0.143. The number of hydrogen-bond acceptors (Lipinski definition) is 4. The highest BCUT2D eigenvalue weighted by Crippen LogP contribution is 2.20. The largest absolute Gasteiger partial charge is 0.466 e. The van der Waals surface area contributed by atoms with Crippen molar-refractivity contribution in [3.8, 4) is 0 Å². The smallest absolute Gasteiger partial charge is 0.305 e. The molecule has 3 aromatic carbocycles. The van der Waals surface area contributed by atoms with Crippen LogP contribution in [0.3, 0.4) is 0 Å². The van der Waals surface area contributed by atoms with Gasteiger partial charge >= 0.3 is 5.97 Å². The van der Waals surface area contributed by atoms with E-state index in [4.69, 9.17) is 4.74 Å². The van der Waals surface area contributed by atoms with Crippen LogP contribution in [0.25, 0.3) is 0 Å². The fourth-order valence-corrected chi connectivity index (χ4v) is 3.59. The first-order valence-electron chi connectivity index (χ1n) is 11.9. The van der Waals surface area contributed by atoms with Gasteiger partial charge in [0.25, 0.3) is 5.91 Å². The van der Waals surface area contributed by atoms with Crippen LogP contribution in [0.15, 0.2) is 72.8 Å². The van der Waals surface area contributed by atoms with Gasteiger partial charge in [0.1, 0.15) is 0 Å². The molecular formula is C29H32N2O4. The van der Waals surface area contributed by atoms with Crippen molar-refractivity contribution in [2.24, 2.45) is 0 Å². The molecule has 2 N–H and O–H groups in total. The monoisotopic (exact) mass is 472 g/mol. The highest BCUT2D eigenvalue weighted by Gasteiger charge is 2.14. The maximum atomic E-state index is 12.8. The molecule has 0 aliphatic rings. The van der Waals surface area contributed by atoms with Crippen LogP contribution in [0.5, 0.6) is 0 Å². The van der Waals surface area contributed by atoms with Crippen LogP contribution in [0.4, 0.5) is 11.4 Å². The van der Waals surface area contributed by atoms with E-state index < -0.39 is 0 Å². The molecule has 35 heavy (non-hydrogen) atoms. The first-order chi connectivity index (χ1) is 16.9. The van der Waals surface area contributed by atoms with Gasteiger partial charge in [-0.25, -0.2) is 0 Å². The molecule has 6 heteroatoms. The number of benzene rings is 3. The molecule has 2 amide bonds. The van der Waals surface area contributed by atoms with Gasteiger partial charge in [0, 0.05) is 18.5 Å². The number of para-hydroxylation sites is 1. The van der Waals surface area contributed by atoms with E-state index >= 15 is 0 Å². The molecule has 3 rings (SSSR count). The number of carbonyl (C=O) groups is 3. The van der Waals surface area contributed by atoms with Crippen molar-refractivity contribution in [1.82, 2.24) is 0 Å². The third-order valence-electron chi connectivity index (χ3n) is 5.71. The molecule has 182 valence electrons. The quantitative estimate of drug-likeness (QED) is 0.271. The summed E-state index contributed by atoms with van der Waals surface area (Å²) < 4.78 is 5.26. The molecule has 0 unspecified atom stereocenters. The molecule has 0 atom stereocenters. The zero-order valence-corrected chi connectivity index (χ0v) is 20.3. The minimum absolute atomic E-state index is 0.159. The van der Waals surface area contributed by atoms with Crippen LogP contribution in [-0.2, 0) is 20.7 Å². The third kappa shape index (κ3) is 8.41. The van der Waals surface area contributed by atoms with Crippen molar-refractivity contribution >= 4 is 29.2 Å². The molecule has 0 spiro atoms. The van der Waals surface area contributed by atoms with E-state index in [1.54, 1.807) is 24.3 Å². The Morgan fingerprint density at radius 1 is 0.771 bits per heavy atom. The van der Waals surface area contributed by atoms with Gasteiger partial charge in [-0.1, -0.05) is 48.5 Å². The number of ether oxygens (including phenoxy) is 1. The molecule has 0 aliphatic carbocycles. The minimum Gasteiger partial charge on any atom is -0.466 e. The third-order valence-corrected chi connectivity index (χ3v) is 5.71. The molecule has 0 saturated carbocycles. The van der Waals surface area contributed by atoms with Gasteiger partial charge < -0.3 is 15.4 Å². The molecule has 0 bridgehead atoms. The second-order valence-corrected chi connectivity index (χ2v) is 8.51. The SMILES string of the molecule is Cc1ccc(NC(=O)c2ccccc2NC(=O)CCCC(=O)OCCCc2ccccc2)cc1C. The number of nitrogens with one attached hydrogen (secondary N) is 2. The Bertz CT molecular complexity index is 1160. The van der Waals surface area contributed by atoms with Gasteiger partial charge in [-0.05, 0) is 74.1 Å². The average molecular weight is 473 g/mol. The Morgan fingerprint density at radius 2 is 1.51 bits per heavy atom. The number of amides is 2. The maximum absolute atomic E-state index is 12.8. The summed E-state index contributed by atoms with van der Waals surface area (Å²) >= 11 is 0. The molecule has 0 heterocycles.